The number of pyridine rings is 1. The molecule has 2 aromatic rings. The fourth-order valence-corrected chi connectivity index (χ4v) is 1.98. The van der Waals surface area contributed by atoms with E-state index in [0.717, 1.165) is 0 Å². The number of ether oxygens (including phenoxy) is 1. The molecule has 0 aromatic carbocycles. The highest BCUT2D eigenvalue weighted by molar-refractivity contribution is 7.99. The minimum atomic E-state index is -1.04. The van der Waals surface area contributed by atoms with E-state index in [1.807, 2.05) is 0 Å². The van der Waals surface area contributed by atoms with Crippen LogP contribution in [0.1, 0.15) is 21.0 Å². The number of esters is 1. The molecule has 0 saturated carbocycles. The van der Waals surface area contributed by atoms with Crippen molar-refractivity contribution in [3.05, 3.63) is 42.0 Å². The van der Waals surface area contributed by atoms with Gasteiger partial charge in [0.05, 0.1) is 12.7 Å². The van der Waals surface area contributed by atoms with Gasteiger partial charge < -0.3 is 9.84 Å². The van der Waals surface area contributed by atoms with E-state index in [1.165, 1.54) is 37.3 Å². The van der Waals surface area contributed by atoms with E-state index >= 15 is 0 Å². The minimum Gasteiger partial charge on any atom is -0.478 e. The second kappa shape index (κ2) is 6.11. The van der Waals surface area contributed by atoms with Gasteiger partial charge in [0.2, 0.25) is 5.82 Å². The van der Waals surface area contributed by atoms with Crippen LogP contribution >= 0.6 is 11.8 Å². The molecule has 2 aromatic heterocycles. The first kappa shape index (κ1) is 13.9. The average molecular weight is 291 g/mol. The lowest BCUT2D eigenvalue weighted by atomic mass is 10.3. The molecule has 0 bridgehead atoms. The maximum absolute atomic E-state index is 11.3. The van der Waals surface area contributed by atoms with E-state index in [4.69, 9.17) is 5.11 Å². The Balaban J connectivity index is 2.17. The SMILES string of the molecule is COC(=O)c1nccc(Sc2ccc(C(=O)O)cn2)n1. The molecule has 0 aliphatic carbocycles. The van der Waals surface area contributed by atoms with Gasteiger partial charge in [-0.05, 0) is 30.0 Å². The predicted molar refractivity (Wildman–Crippen MR) is 68.7 cm³/mol. The summed E-state index contributed by atoms with van der Waals surface area (Å²) in [7, 11) is 1.25. The third-order valence-corrected chi connectivity index (χ3v) is 3.08. The van der Waals surface area contributed by atoms with Gasteiger partial charge in [0.15, 0.2) is 0 Å². The van der Waals surface area contributed by atoms with Crippen LogP contribution < -0.4 is 0 Å². The standard InChI is InChI=1S/C12H9N3O4S/c1-19-12(18)10-13-5-4-9(15-10)20-8-3-2-7(6-14-8)11(16)17/h2-6H,1H3,(H,16,17). The fraction of sp³-hybridized carbons (Fsp3) is 0.0833. The summed E-state index contributed by atoms with van der Waals surface area (Å²) < 4.78 is 4.53. The van der Waals surface area contributed by atoms with Crippen LogP contribution in [0.5, 0.6) is 0 Å². The summed E-state index contributed by atoms with van der Waals surface area (Å²) in [5.74, 6) is -1.70. The molecule has 2 rings (SSSR count). The van der Waals surface area contributed by atoms with Crippen LogP contribution in [0.4, 0.5) is 0 Å². The molecule has 0 amide bonds. The number of carbonyl (C=O) groups is 2. The summed E-state index contributed by atoms with van der Waals surface area (Å²) >= 11 is 1.19. The van der Waals surface area contributed by atoms with Crippen LogP contribution in [0.25, 0.3) is 0 Å². The number of rotatable bonds is 4. The average Bonchev–Trinajstić information content (AvgIpc) is 2.47. The first-order valence-corrected chi connectivity index (χ1v) is 6.20. The number of carboxylic acid groups (broad SMARTS) is 1. The lowest BCUT2D eigenvalue weighted by Crippen LogP contribution is -2.07. The Labute approximate surface area is 118 Å². The molecule has 8 heteroatoms. The number of nitrogens with zero attached hydrogens (tertiary/aromatic N) is 3. The van der Waals surface area contributed by atoms with E-state index in [0.29, 0.717) is 10.1 Å². The minimum absolute atomic E-state index is 0.0420. The van der Waals surface area contributed by atoms with Gasteiger partial charge >= 0.3 is 11.9 Å². The Bertz CT molecular complexity index is 645. The number of carboxylic acids is 1. The highest BCUT2D eigenvalue weighted by Gasteiger charge is 2.11. The first-order chi connectivity index (χ1) is 9.60. The van der Waals surface area contributed by atoms with Crippen LogP contribution in [0, 0.1) is 0 Å². The van der Waals surface area contributed by atoms with Crippen molar-refractivity contribution in [3.63, 3.8) is 0 Å². The van der Waals surface area contributed by atoms with E-state index in [2.05, 4.69) is 19.7 Å². The topological polar surface area (TPSA) is 102 Å². The van der Waals surface area contributed by atoms with Gasteiger partial charge in [0.25, 0.3) is 0 Å². The van der Waals surface area contributed by atoms with Crippen molar-refractivity contribution >= 4 is 23.7 Å². The fourth-order valence-electron chi connectivity index (χ4n) is 1.26. The number of aromatic carboxylic acids is 1. The van der Waals surface area contributed by atoms with Crippen molar-refractivity contribution < 1.29 is 19.4 Å². The molecule has 0 aliphatic rings. The molecule has 0 unspecified atom stereocenters. The van der Waals surface area contributed by atoms with Crippen LogP contribution in [0.3, 0.4) is 0 Å². The number of hydrogen-bond donors (Lipinski definition) is 1. The van der Waals surface area contributed by atoms with Gasteiger partial charge in [-0.15, -0.1) is 0 Å². The van der Waals surface area contributed by atoms with E-state index < -0.39 is 11.9 Å². The summed E-state index contributed by atoms with van der Waals surface area (Å²) in [6.45, 7) is 0. The summed E-state index contributed by atoms with van der Waals surface area (Å²) in [5, 5.41) is 9.84. The molecule has 1 N–H and O–H groups in total. The zero-order valence-corrected chi connectivity index (χ0v) is 11.1. The maximum atomic E-state index is 11.3. The van der Waals surface area contributed by atoms with Crippen molar-refractivity contribution in [2.75, 3.05) is 7.11 Å². The molecule has 0 atom stereocenters. The number of methoxy groups -OCH3 is 1. The van der Waals surface area contributed by atoms with Gasteiger partial charge in [-0.25, -0.2) is 24.5 Å². The second-order valence-corrected chi connectivity index (χ2v) is 4.54. The zero-order valence-electron chi connectivity index (χ0n) is 10.3. The highest BCUT2D eigenvalue weighted by Crippen LogP contribution is 2.23. The molecule has 0 fully saturated rings. The molecule has 0 aliphatic heterocycles. The number of carbonyl (C=O) groups excluding carboxylic acids is 1. The van der Waals surface area contributed by atoms with Crippen LogP contribution in [0.15, 0.2) is 40.6 Å². The summed E-state index contributed by atoms with van der Waals surface area (Å²) in [4.78, 5) is 33.8. The normalized spacial score (nSPS) is 10.1. The Morgan fingerprint density at radius 2 is 2.00 bits per heavy atom. The van der Waals surface area contributed by atoms with Gasteiger partial charge in [-0.3, -0.25) is 0 Å². The third kappa shape index (κ3) is 3.29. The Hall–Kier alpha value is -2.48. The van der Waals surface area contributed by atoms with E-state index in [-0.39, 0.29) is 11.4 Å². The van der Waals surface area contributed by atoms with Gasteiger partial charge in [0, 0.05) is 12.4 Å². The van der Waals surface area contributed by atoms with Gasteiger partial charge in [-0.2, -0.15) is 0 Å². The summed E-state index contributed by atoms with van der Waals surface area (Å²) in [5.41, 5.74) is 0.104. The predicted octanol–water partition coefficient (Wildman–Crippen LogP) is 1.51. The third-order valence-electron chi connectivity index (χ3n) is 2.19. The zero-order chi connectivity index (χ0) is 14.5. The first-order valence-electron chi connectivity index (χ1n) is 5.38. The quantitative estimate of drug-likeness (QED) is 0.668. The Kier molecular flexibility index (Phi) is 4.26. The molecule has 2 heterocycles. The van der Waals surface area contributed by atoms with Crippen molar-refractivity contribution in [2.24, 2.45) is 0 Å². The summed E-state index contributed by atoms with van der Waals surface area (Å²) in [6, 6.07) is 4.62. The highest BCUT2D eigenvalue weighted by atomic mass is 32.2. The van der Waals surface area contributed by atoms with Gasteiger partial charge in [-0.1, -0.05) is 0 Å². The Morgan fingerprint density at radius 3 is 2.60 bits per heavy atom. The van der Waals surface area contributed by atoms with E-state index in [1.54, 1.807) is 12.1 Å². The molecule has 0 spiro atoms. The molecule has 7 nitrogen and oxygen atoms in total. The van der Waals surface area contributed by atoms with Crippen LogP contribution in [0.2, 0.25) is 0 Å². The lowest BCUT2D eigenvalue weighted by Gasteiger charge is -2.02. The van der Waals surface area contributed by atoms with Crippen molar-refractivity contribution in [2.45, 2.75) is 10.1 Å². The molecule has 0 saturated heterocycles. The van der Waals surface area contributed by atoms with Crippen LogP contribution in [-0.2, 0) is 4.74 Å². The van der Waals surface area contributed by atoms with Crippen LogP contribution in [-0.4, -0.2) is 39.1 Å². The second-order valence-electron chi connectivity index (χ2n) is 3.50. The number of aromatic nitrogens is 3. The Morgan fingerprint density at radius 1 is 1.20 bits per heavy atom. The van der Waals surface area contributed by atoms with Crippen molar-refractivity contribution in [1.29, 1.82) is 0 Å². The monoisotopic (exact) mass is 291 g/mol. The van der Waals surface area contributed by atoms with Crippen molar-refractivity contribution in [1.82, 2.24) is 15.0 Å². The number of hydrogen-bond acceptors (Lipinski definition) is 7. The smallest absolute Gasteiger partial charge is 0.376 e. The summed E-state index contributed by atoms with van der Waals surface area (Å²) in [6.07, 6.45) is 2.69. The molecule has 20 heavy (non-hydrogen) atoms. The molecular weight excluding hydrogens is 282 g/mol. The molecular formula is C12H9N3O4S. The largest absolute Gasteiger partial charge is 0.478 e. The van der Waals surface area contributed by atoms with Crippen molar-refractivity contribution in [3.8, 4) is 0 Å². The van der Waals surface area contributed by atoms with Gasteiger partial charge in [0.1, 0.15) is 10.1 Å². The molecule has 0 radical (unpaired) electrons. The maximum Gasteiger partial charge on any atom is 0.376 e. The lowest BCUT2D eigenvalue weighted by molar-refractivity contribution is 0.0585. The molecule has 102 valence electrons. The van der Waals surface area contributed by atoms with E-state index in [9.17, 15) is 9.59 Å².